The molecule has 0 radical (unpaired) electrons. The predicted octanol–water partition coefficient (Wildman–Crippen LogP) is 0.680. The summed E-state index contributed by atoms with van der Waals surface area (Å²) in [6.45, 7) is 8.10. The van der Waals surface area contributed by atoms with E-state index in [2.05, 4.69) is 25.4 Å². The van der Waals surface area contributed by atoms with E-state index in [1.54, 1.807) is 0 Å². The Kier molecular flexibility index (Phi) is 9.52. The second-order valence-electron chi connectivity index (χ2n) is 5.73. The van der Waals surface area contributed by atoms with Crippen molar-refractivity contribution in [1.29, 1.82) is 0 Å². The second-order valence-corrected chi connectivity index (χ2v) is 5.73. The molecule has 0 aliphatic carbocycles. The Labute approximate surface area is 160 Å². The summed E-state index contributed by atoms with van der Waals surface area (Å²) < 4.78 is 7.29. The number of likely N-dealkylation sites (tertiary alicyclic amines) is 1. The molecule has 9 heteroatoms. The molecule has 1 aliphatic heterocycles. The van der Waals surface area contributed by atoms with Crippen molar-refractivity contribution in [3.05, 3.63) is 11.6 Å². The van der Waals surface area contributed by atoms with E-state index in [1.807, 2.05) is 25.5 Å². The quantitative estimate of drug-likeness (QED) is 0.274. The van der Waals surface area contributed by atoms with E-state index < -0.39 is 0 Å². The number of nitrogens with zero attached hydrogens (tertiary/aromatic N) is 5. The van der Waals surface area contributed by atoms with Gasteiger partial charge in [0.2, 0.25) is 0 Å². The van der Waals surface area contributed by atoms with Gasteiger partial charge in [0.25, 0.3) is 0 Å². The Hall–Kier alpha value is -0.940. The Balaban J connectivity index is 0.00000288. The number of aryl methyl sites for hydroxylation is 1. The van der Waals surface area contributed by atoms with Crippen LogP contribution in [-0.2, 0) is 18.3 Å². The molecule has 1 atom stereocenters. The van der Waals surface area contributed by atoms with Crippen molar-refractivity contribution in [1.82, 2.24) is 25.0 Å². The highest BCUT2D eigenvalue weighted by Crippen LogP contribution is 2.09. The van der Waals surface area contributed by atoms with E-state index >= 15 is 0 Å². The van der Waals surface area contributed by atoms with Gasteiger partial charge in [-0.15, -0.1) is 34.2 Å². The normalized spacial score (nSPS) is 17.9. The Morgan fingerprint density at radius 3 is 2.83 bits per heavy atom. The number of nitrogens with one attached hydrogen (secondary N) is 1. The van der Waals surface area contributed by atoms with Gasteiger partial charge in [0.15, 0.2) is 11.8 Å². The standard InChI is InChI=1S/C15H28N6O2.HI/c1-4-23-9-5-7-16-15(21-8-6-13(22)11-21)17-10-14-19-18-12(2)20(14)3;/h13,22H,4-11H2,1-3H3,(H,16,17);1H/t13-;/m1./s1. The predicted molar refractivity (Wildman–Crippen MR) is 104 cm³/mol. The van der Waals surface area contributed by atoms with Gasteiger partial charge in [-0.1, -0.05) is 0 Å². The first-order chi connectivity index (χ1) is 11.1. The first kappa shape index (κ1) is 21.1. The summed E-state index contributed by atoms with van der Waals surface area (Å²) in [5.41, 5.74) is 0. The number of hydrogen-bond acceptors (Lipinski definition) is 5. The summed E-state index contributed by atoms with van der Waals surface area (Å²) in [5.74, 6) is 2.52. The molecular formula is C15H29IN6O2. The summed E-state index contributed by atoms with van der Waals surface area (Å²) in [7, 11) is 1.94. The molecule has 2 rings (SSSR count). The molecule has 1 aromatic heterocycles. The summed E-state index contributed by atoms with van der Waals surface area (Å²) >= 11 is 0. The van der Waals surface area contributed by atoms with E-state index in [4.69, 9.17) is 4.74 Å². The molecule has 0 bridgehead atoms. The van der Waals surface area contributed by atoms with Crippen LogP contribution >= 0.6 is 24.0 Å². The molecule has 1 aromatic rings. The monoisotopic (exact) mass is 452 g/mol. The number of aliphatic hydroxyl groups is 1. The Morgan fingerprint density at radius 2 is 2.25 bits per heavy atom. The fourth-order valence-electron chi connectivity index (χ4n) is 2.45. The highest BCUT2D eigenvalue weighted by Gasteiger charge is 2.23. The van der Waals surface area contributed by atoms with Gasteiger partial charge in [-0.3, -0.25) is 0 Å². The van der Waals surface area contributed by atoms with Crippen LogP contribution in [0.1, 0.15) is 31.4 Å². The zero-order valence-corrected chi connectivity index (χ0v) is 17.1. The van der Waals surface area contributed by atoms with Gasteiger partial charge in [0.1, 0.15) is 12.4 Å². The lowest BCUT2D eigenvalue weighted by Crippen LogP contribution is -2.41. The molecule has 8 nitrogen and oxygen atoms in total. The molecule has 0 unspecified atom stereocenters. The van der Waals surface area contributed by atoms with Crippen molar-refractivity contribution in [2.75, 3.05) is 32.8 Å². The molecular weight excluding hydrogens is 423 g/mol. The highest BCUT2D eigenvalue weighted by molar-refractivity contribution is 14.0. The van der Waals surface area contributed by atoms with Crippen LogP contribution < -0.4 is 5.32 Å². The van der Waals surface area contributed by atoms with Gasteiger partial charge in [0, 0.05) is 39.9 Å². The maximum atomic E-state index is 9.75. The molecule has 138 valence electrons. The third-order valence-electron chi connectivity index (χ3n) is 3.97. The molecule has 0 amide bonds. The number of aromatic nitrogens is 3. The first-order valence-electron chi connectivity index (χ1n) is 8.25. The summed E-state index contributed by atoms with van der Waals surface area (Å²) in [4.78, 5) is 6.75. The molecule has 0 spiro atoms. The second kappa shape index (κ2) is 10.8. The fourth-order valence-corrected chi connectivity index (χ4v) is 2.45. The molecule has 1 aliphatic rings. The number of aliphatic imine (C=N–C) groups is 1. The molecule has 24 heavy (non-hydrogen) atoms. The van der Waals surface area contributed by atoms with Crippen LogP contribution in [0.5, 0.6) is 0 Å². The molecule has 2 heterocycles. The number of β-amino-alcohol motifs (C(OH)–C–C–N with tert-alkyl or cyclic N) is 1. The third-order valence-corrected chi connectivity index (χ3v) is 3.97. The lowest BCUT2D eigenvalue weighted by molar-refractivity contribution is 0.145. The van der Waals surface area contributed by atoms with Crippen LogP contribution in [0.3, 0.4) is 0 Å². The largest absolute Gasteiger partial charge is 0.391 e. The number of ether oxygens (including phenoxy) is 1. The van der Waals surface area contributed by atoms with Crippen LogP contribution in [-0.4, -0.2) is 69.7 Å². The Morgan fingerprint density at radius 1 is 1.46 bits per heavy atom. The van der Waals surface area contributed by atoms with Crippen molar-refractivity contribution >= 4 is 29.9 Å². The van der Waals surface area contributed by atoms with Crippen molar-refractivity contribution in [3.8, 4) is 0 Å². The Bertz CT molecular complexity index is 522. The van der Waals surface area contributed by atoms with Gasteiger partial charge in [-0.25, -0.2) is 4.99 Å². The lowest BCUT2D eigenvalue weighted by atomic mass is 10.3. The van der Waals surface area contributed by atoms with Gasteiger partial charge in [-0.2, -0.15) is 0 Å². The average Bonchev–Trinajstić information content (AvgIpc) is 3.10. The smallest absolute Gasteiger partial charge is 0.194 e. The molecule has 1 fully saturated rings. The van der Waals surface area contributed by atoms with E-state index in [0.29, 0.717) is 13.1 Å². The van der Waals surface area contributed by atoms with Gasteiger partial charge in [-0.05, 0) is 26.7 Å². The van der Waals surface area contributed by atoms with E-state index in [1.165, 1.54) is 0 Å². The number of guanidine groups is 1. The minimum atomic E-state index is -0.275. The van der Waals surface area contributed by atoms with Crippen LogP contribution in [0.15, 0.2) is 4.99 Å². The zero-order valence-electron chi connectivity index (χ0n) is 14.7. The summed E-state index contributed by atoms with van der Waals surface area (Å²) in [5, 5.41) is 21.3. The van der Waals surface area contributed by atoms with Gasteiger partial charge in [0.05, 0.1) is 6.10 Å². The third kappa shape index (κ3) is 6.17. The number of rotatable bonds is 7. The van der Waals surface area contributed by atoms with E-state index in [0.717, 1.165) is 56.8 Å². The molecule has 2 N–H and O–H groups in total. The number of hydrogen-bond donors (Lipinski definition) is 2. The summed E-state index contributed by atoms with van der Waals surface area (Å²) in [6, 6.07) is 0. The number of halogens is 1. The highest BCUT2D eigenvalue weighted by atomic mass is 127. The zero-order chi connectivity index (χ0) is 16.7. The van der Waals surface area contributed by atoms with Crippen molar-refractivity contribution in [2.45, 2.75) is 39.3 Å². The minimum absolute atomic E-state index is 0. The lowest BCUT2D eigenvalue weighted by Gasteiger charge is -2.21. The summed E-state index contributed by atoms with van der Waals surface area (Å²) in [6.07, 6.45) is 1.43. The van der Waals surface area contributed by atoms with Crippen LogP contribution in [0.4, 0.5) is 0 Å². The first-order valence-corrected chi connectivity index (χ1v) is 8.25. The maximum Gasteiger partial charge on any atom is 0.194 e. The number of aliphatic hydroxyl groups excluding tert-OH is 1. The van der Waals surface area contributed by atoms with Crippen LogP contribution in [0, 0.1) is 6.92 Å². The average molecular weight is 452 g/mol. The SMILES string of the molecule is CCOCCCNC(=NCc1nnc(C)n1C)N1CC[C@@H](O)C1.I. The van der Waals surface area contributed by atoms with Crippen LogP contribution in [0.2, 0.25) is 0 Å². The van der Waals surface area contributed by atoms with Gasteiger partial charge >= 0.3 is 0 Å². The van der Waals surface area contributed by atoms with E-state index in [-0.39, 0.29) is 30.1 Å². The molecule has 0 saturated carbocycles. The van der Waals surface area contributed by atoms with Crippen molar-refractivity contribution in [2.24, 2.45) is 12.0 Å². The molecule has 1 saturated heterocycles. The molecule has 0 aromatic carbocycles. The van der Waals surface area contributed by atoms with Crippen molar-refractivity contribution < 1.29 is 9.84 Å². The van der Waals surface area contributed by atoms with E-state index in [9.17, 15) is 5.11 Å². The topological polar surface area (TPSA) is 87.8 Å². The van der Waals surface area contributed by atoms with Crippen LogP contribution in [0.25, 0.3) is 0 Å². The van der Waals surface area contributed by atoms with Crippen molar-refractivity contribution in [3.63, 3.8) is 0 Å². The van der Waals surface area contributed by atoms with Gasteiger partial charge < -0.3 is 24.6 Å². The fraction of sp³-hybridized carbons (Fsp3) is 0.800. The maximum absolute atomic E-state index is 9.75. The minimum Gasteiger partial charge on any atom is -0.391 e.